The molecule has 0 aliphatic rings. The van der Waals surface area contributed by atoms with Crippen LogP contribution in [0.15, 0.2) is 71.5 Å². The van der Waals surface area contributed by atoms with E-state index in [1.54, 1.807) is 29.5 Å². The molecule has 0 saturated carbocycles. The summed E-state index contributed by atoms with van der Waals surface area (Å²) in [5.74, 6) is 0.538. The first kappa shape index (κ1) is 16.7. The fourth-order valence-corrected chi connectivity index (χ4v) is 2.28. The molecule has 0 spiro atoms. The van der Waals surface area contributed by atoms with Gasteiger partial charge in [-0.3, -0.25) is 9.78 Å². The highest BCUT2D eigenvalue weighted by molar-refractivity contribution is 5.77. The van der Waals surface area contributed by atoms with Crippen LogP contribution in [0.2, 0.25) is 0 Å². The molecule has 0 unspecified atom stereocenters. The van der Waals surface area contributed by atoms with Crippen LogP contribution in [-0.2, 0) is 17.9 Å². The number of aromatic nitrogens is 1. The molecule has 6 heteroatoms. The Morgan fingerprint density at radius 3 is 2.60 bits per heavy atom. The van der Waals surface area contributed by atoms with Gasteiger partial charge in [0.2, 0.25) is 0 Å². The van der Waals surface area contributed by atoms with Crippen LogP contribution in [0.25, 0.3) is 0 Å². The predicted octanol–water partition coefficient (Wildman–Crippen LogP) is 3.42. The highest BCUT2D eigenvalue weighted by Crippen LogP contribution is 2.13. The normalized spacial score (nSPS) is 10.4. The second kappa shape index (κ2) is 8.10. The van der Waals surface area contributed by atoms with Crippen LogP contribution in [0.1, 0.15) is 11.5 Å². The molecule has 2 aromatic heterocycles. The number of halogens is 1. The minimum atomic E-state index is -0.353. The quantitative estimate of drug-likeness (QED) is 0.661. The maximum Gasteiger partial charge on any atom is 0.261 e. The molecule has 0 aliphatic heterocycles. The summed E-state index contributed by atoms with van der Waals surface area (Å²) in [5, 5.41) is 0. The Hall–Kier alpha value is -3.15. The zero-order valence-corrected chi connectivity index (χ0v) is 13.5. The number of nitrogens with zero attached hydrogens (tertiary/aromatic N) is 2. The summed E-state index contributed by atoms with van der Waals surface area (Å²) in [5.41, 5.74) is 0.768. The van der Waals surface area contributed by atoms with Crippen molar-refractivity contribution in [3.63, 3.8) is 0 Å². The summed E-state index contributed by atoms with van der Waals surface area (Å²) >= 11 is 0. The Kier molecular flexibility index (Phi) is 5.41. The van der Waals surface area contributed by atoms with Crippen molar-refractivity contribution in [1.29, 1.82) is 0 Å². The Morgan fingerprint density at radius 2 is 1.92 bits per heavy atom. The van der Waals surface area contributed by atoms with Gasteiger partial charge in [0.25, 0.3) is 5.91 Å². The van der Waals surface area contributed by atoms with E-state index < -0.39 is 0 Å². The topological polar surface area (TPSA) is 55.6 Å². The van der Waals surface area contributed by atoms with Crippen molar-refractivity contribution < 1.29 is 18.3 Å². The number of pyridine rings is 1. The van der Waals surface area contributed by atoms with Crippen molar-refractivity contribution in [1.82, 2.24) is 9.88 Å². The van der Waals surface area contributed by atoms with E-state index >= 15 is 0 Å². The van der Waals surface area contributed by atoms with Crippen LogP contribution in [0.4, 0.5) is 4.39 Å². The van der Waals surface area contributed by atoms with Gasteiger partial charge in [0.15, 0.2) is 6.61 Å². The van der Waals surface area contributed by atoms with Crippen molar-refractivity contribution in [2.75, 3.05) is 6.61 Å². The first-order valence-corrected chi connectivity index (χ1v) is 7.79. The van der Waals surface area contributed by atoms with E-state index in [0.717, 1.165) is 5.69 Å². The number of amides is 1. The highest BCUT2D eigenvalue weighted by Gasteiger charge is 2.17. The van der Waals surface area contributed by atoms with Crippen LogP contribution >= 0.6 is 0 Å². The fourth-order valence-electron chi connectivity index (χ4n) is 2.28. The molecule has 2 heterocycles. The van der Waals surface area contributed by atoms with Crippen molar-refractivity contribution in [3.05, 3.63) is 84.3 Å². The number of rotatable bonds is 7. The number of hydrogen-bond donors (Lipinski definition) is 0. The summed E-state index contributed by atoms with van der Waals surface area (Å²) < 4.78 is 23.7. The summed E-state index contributed by atoms with van der Waals surface area (Å²) in [7, 11) is 0. The first-order chi connectivity index (χ1) is 12.2. The SMILES string of the molecule is O=C(COc1ccc(F)cc1)N(Cc1ccccn1)Cc1ccco1. The predicted molar refractivity (Wildman–Crippen MR) is 89.1 cm³/mol. The third kappa shape index (κ3) is 4.91. The van der Waals surface area contributed by atoms with Crippen molar-refractivity contribution in [2.24, 2.45) is 0 Å². The second-order valence-electron chi connectivity index (χ2n) is 5.39. The Labute approximate surface area is 144 Å². The standard InChI is InChI=1S/C19H17FN2O3/c20-15-6-8-17(9-7-15)25-14-19(23)22(13-18-5-3-11-24-18)12-16-4-1-2-10-21-16/h1-11H,12-14H2. The van der Waals surface area contributed by atoms with Crippen LogP contribution in [0.3, 0.4) is 0 Å². The van der Waals surface area contributed by atoms with Gasteiger partial charge in [-0.1, -0.05) is 6.07 Å². The van der Waals surface area contributed by atoms with E-state index in [4.69, 9.17) is 9.15 Å². The van der Waals surface area contributed by atoms with Crippen LogP contribution < -0.4 is 4.74 Å². The van der Waals surface area contributed by atoms with Crippen molar-refractivity contribution in [3.8, 4) is 5.75 Å². The van der Waals surface area contributed by atoms with E-state index in [-0.39, 0.29) is 18.3 Å². The van der Waals surface area contributed by atoms with E-state index in [9.17, 15) is 9.18 Å². The van der Waals surface area contributed by atoms with Gasteiger partial charge in [-0.25, -0.2) is 4.39 Å². The Bertz CT molecular complexity index is 789. The number of ether oxygens (including phenoxy) is 1. The summed E-state index contributed by atoms with van der Waals surface area (Å²) in [6, 6.07) is 14.7. The molecule has 1 amide bonds. The van der Waals surface area contributed by atoms with Crippen molar-refractivity contribution in [2.45, 2.75) is 13.1 Å². The molecule has 0 saturated heterocycles. The van der Waals surface area contributed by atoms with Gasteiger partial charge in [0.1, 0.15) is 17.3 Å². The maximum absolute atomic E-state index is 12.9. The van der Waals surface area contributed by atoms with Crippen LogP contribution in [0.5, 0.6) is 5.75 Å². The Balaban J connectivity index is 1.66. The van der Waals surface area contributed by atoms with E-state index in [2.05, 4.69) is 4.98 Å². The molecule has 5 nitrogen and oxygen atoms in total. The molecule has 0 bridgehead atoms. The fraction of sp³-hybridized carbons (Fsp3) is 0.158. The molecule has 25 heavy (non-hydrogen) atoms. The summed E-state index contributed by atoms with van der Waals surface area (Å²) in [6.07, 6.45) is 3.24. The van der Waals surface area contributed by atoms with Gasteiger partial charge in [0, 0.05) is 6.20 Å². The van der Waals surface area contributed by atoms with Gasteiger partial charge >= 0.3 is 0 Å². The molecular formula is C19H17FN2O3. The van der Waals surface area contributed by atoms with Crippen LogP contribution in [0, 0.1) is 5.82 Å². The van der Waals surface area contributed by atoms with E-state index in [0.29, 0.717) is 24.6 Å². The lowest BCUT2D eigenvalue weighted by Crippen LogP contribution is -2.34. The smallest absolute Gasteiger partial charge is 0.261 e. The van der Waals surface area contributed by atoms with Crippen molar-refractivity contribution >= 4 is 5.91 Å². The van der Waals surface area contributed by atoms with Gasteiger partial charge in [-0.15, -0.1) is 0 Å². The lowest BCUT2D eigenvalue weighted by Gasteiger charge is -2.21. The second-order valence-corrected chi connectivity index (χ2v) is 5.39. The summed E-state index contributed by atoms with van der Waals surface area (Å²) in [6.45, 7) is 0.501. The van der Waals surface area contributed by atoms with Gasteiger partial charge in [-0.05, 0) is 48.5 Å². The molecule has 0 aliphatic carbocycles. The monoisotopic (exact) mass is 340 g/mol. The average Bonchev–Trinajstić information content (AvgIpc) is 3.14. The van der Waals surface area contributed by atoms with Gasteiger partial charge in [0.05, 0.1) is 25.0 Å². The lowest BCUT2D eigenvalue weighted by atomic mass is 10.3. The molecule has 0 fully saturated rings. The first-order valence-electron chi connectivity index (χ1n) is 7.79. The largest absolute Gasteiger partial charge is 0.484 e. The minimum absolute atomic E-state index is 0.154. The molecule has 128 valence electrons. The Morgan fingerprint density at radius 1 is 1.08 bits per heavy atom. The molecule has 0 atom stereocenters. The third-order valence-corrected chi connectivity index (χ3v) is 3.53. The van der Waals surface area contributed by atoms with E-state index in [1.807, 2.05) is 18.2 Å². The number of carbonyl (C=O) groups is 1. The zero-order chi connectivity index (χ0) is 17.5. The third-order valence-electron chi connectivity index (χ3n) is 3.53. The highest BCUT2D eigenvalue weighted by atomic mass is 19.1. The minimum Gasteiger partial charge on any atom is -0.484 e. The number of hydrogen-bond acceptors (Lipinski definition) is 4. The molecule has 3 rings (SSSR count). The number of carbonyl (C=O) groups excluding carboxylic acids is 1. The van der Waals surface area contributed by atoms with E-state index in [1.165, 1.54) is 24.3 Å². The van der Waals surface area contributed by atoms with Gasteiger partial charge in [-0.2, -0.15) is 0 Å². The van der Waals surface area contributed by atoms with Crippen LogP contribution in [-0.4, -0.2) is 22.4 Å². The van der Waals surface area contributed by atoms with Gasteiger partial charge < -0.3 is 14.1 Å². The molecule has 0 radical (unpaired) electrons. The lowest BCUT2D eigenvalue weighted by molar-refractivity contribution is -0.135. The average molecular weight is 340 g/mol. The number of furan rings is 1. The maximum atomic E-state index is 12.9. The molecular weight excluding hydrogens is 323 g/mol. The summed E-state index contributed by atoms with van der Waals surface area (Å²) in [4.78, 5) is 18.4. The number of benzene rings is 1. The zero-order valence-electron chi connectivity index (χ0n) is 13.5. The molecule has 3 aromatic rings. The molecule has 0 N–H and O–H groups in total. The molecule has 1 aromatic carbocycles.